The van der Waals surface area contributed by atoms with Crippen molar-refractivity contribution in [2.24, 2.45) is 0 Å². The fourth-order valence-corrected chi connectivity index (χ4v) is 6.46. The van der Waals surface area contributed by atoms with Gasteiger partial charge in [-0.3, -0.25) is 4.79 Å². The summed E-state index contributed by atoms with van der Waals surface area (Å²) in [6, 6.07) is -0.957. The summed E-state index contributed by atoms with van der Waals surface area (Å²) < 4.78 is 33.6. The van der Waals surface area contributed by atoms with Gasteiger partial charge in [0, 0.05) is 6.42 Å². The van der Waals surface area contributed by atoms with Crippen LogP contribution in [0.5, 0.6) is 0 Å². The van der Waals surface area contributed by atoms with E-state index in [1.54, 1.807) is 6.08 Å². The van der Waals surface area contributed by atoms with Crippen molar-refractivity contribution < 1.29 is 89.4 Å². The number of aliphatic hydroxyl groups is 11. The highest BCUT2D eigenvalue weighted by Crippen LogP contribution is 2.32. The maximum absolute atomic E-state index is 12.6. The molecule has 0 aromatic heterocycles. The van der Waals surface area contributed by atoms with Crippen molar-refractivity contribution in [2.45, 2.75) is 176 Å². The molecular weight excluding hydrogens is 722 g/mol. The Balaban J connectivity index is 1.64. The quantitative estimate of drug-likeness (QED) is 0.0373. The van der Waals surface area contributed by atoms with Crippen LogP contribution < -0.4 is 5.32 Å². The summed E-state index contributed by atoms with van der Waals surface area (Å²) in [5, 5.41) is 118. The van der Waals surface area contributed by atoms with E-state index in [9.17, 15) is 61.0 Å². The Kier molecular flexibility index (Phi) is 20.6. The molecule has 17 unspecified atom stereocenters. The van der Waals surface area contributed by atoms with Crippen LogP contribution in [0.4, 0.5) is 0 Å². The number of rotatable bonds is 22. The Labute approximate surface area is 315 Å². The molecule has 3 rings (SSSR count). The van der Waals surface area contributed by atoms with Crippen LogP contribution in [-0.2, 0) is 33.2 Å². The third kappa shape index (κ3) is 12.8. The summed E-state index contributed by atoms with van der Waals surface area (Å²) in [7, 11) is 0. The molecule has 19 heteroatoms. The molecule has 316 valence electrons. The number of hydrogen-bond donors (Lipinski definition) is 12. The molecular formula is C35H63NO18. The molecule has 54 heavy (non-hydrogen) atoms. The number of amides is 1. The van der Waals surface area contributed by atoms with Gasteiger partial charge in [0.15, 0.2) is 18.9 Å². The van der Waals surface area contributed by atoms with Crippen molar-refractivity contribution in [3.05, 3.63) is 12.2 Å². The average molecular weight is 786 g/mol. The number of hydrogen-bond acceptors (Lipinski definition) is 18. The Morgan fingerprint density at radius 1 is 0.648 bits per heavy atom. The Bertz CT molecular complexity index is 1080. The van der Waals surface area contributed by atoms with Gasteiger partial charge in [0.05, 0.1) is 38.6 Å². The highest BCUT2D eigenvalue weighted by Gasteiger charge is 2.53. The molecule has 17 atom stereocenters. The zero-order valence-electron chi connectivity index (χ0n) is 30.9. The fourth-order valence-electron chi connectivity index (χ4n) is 6.46. The molecule has 19 nitrogen and oxygen atoms in total. The van der Waals surface area contributed by atoms with E-state index < -0.39 is 124 Å². The van der Waals surface area contributed by atoms with Gasteiger partial charge in [-0.25, -0.2) is 0 Å². The number of carbonyl (C=O) groups excluding carboxylic acids is 1. The van der Waals surface area contributed by atoms with E-state index in [0.29, 0.717) is 6.42 Å². The topological polar surface area (TPSA) is 307 Å². The summed E-state index contributed by atoms with van der Waals surface area (Å²) in [5.41, 5.74) is 0. The lowest BCUT2D eigenvalue weighted by atomic mass is 9.96. The molecule has 0 aromatic rings. The number of nitrogens with one attached hydrogen (secondary N) is 1. The van der Waals surface area contributed by atoms with Crippen molar-refractivity contribution in [1.82, 2.24) is 5.32 Å². The van der Waals surface area contributed by atoms with Crippen LogP contribution >= 0.6 is 0 Å². The predicted octanol–water partition coefficient (Wildman–Crippen LogP) is -3.60. The fraction of sp³-hybridized carbons (Fsp3) is 0.914. The average Bonchev–Trinajstić information content (AvgIpc) is 3.16. The van der Waals surface area contributed by atoms with Gasteiger partial charge in [-0.1, -0.05) is 58.1 Å². The van der Waals surface area contributed by atoms with Gasteiger partial charge in [-0.15, -0.1) is 0 Å². The van der Waals surface area contributed by atoms with E-state index in [2.05, 4.69) is 12.2 Å². The summed E-state index contributed by atoms with van der Waals surface area (Å²) in [5.74, 6) is -0.320. The van der Waals surface area contributed by atoms with Gasteiger partial charge in [0.2, 0.25) is 5.91 Å². The summed E-state index contributed by atoms with van der Waals surface area (Å²) in [6.07, 6.45) is -15.6. The molecule has 0 spiro atoms. The Morgan fingerprint density at radius 3 is 1.70 bits per heavy atom. The van der Waals surface area contributed by atoms with Gasteiger partial charge < -0.3 is 89.9 Å². The lowest BCUT2D eigenvalue weighted by Crippen LogP contribution is -2.66. The maximum Gasteiger partial charge on any atom is 0.220 e. The van der Waals surface area contributed by atoms with E-state index in [-0.39, 0.29) is 18.9 Å². The Morgan fingerprint density at radius 2 is 1.15 bits per heavy atom. The molecule has 0 saturated carbocycles. The molecule has 1 amide bonds. The van der Waals surface area contributed by atoms with Gasteiger partial charge in [-0.05, 0) is 19.3 Å². The number of ether oxygens (including phenoxy) is 6. The zero-order chi connectivity index (χ0) is 39.9. The van der Waals surface area contributed by atoms with Crippen molar-refractivity contribution in [3.63, 3.8) is 0 Å². The lowest BCUT2D eigenvalue weighted by molar-refractivity contribution is -0.379. The number of unbranched alkanes of at least 4 members (excludes halogenated alkanes) is 6. The van der Waals surface area contributed by atoms with Crippen molar-refractivity contribution in [2.75, 3.05) is 26.4 Å². The summed E-state index contributed by atoms with van der Waals surface area (Å²) in [6.45, 7) is 1.29. The minimum Gasteiger partial charge on any atom is -0.394 e. The third-order valence-corrected chi connectivity index (χ3v) is 9.84. The first-order valence-electron chi connectivity index (χ1n) is 18.9. The molecule has 3 heterocycles. The number of aliphatic hydroxyl groups excluding tert-OH is 11. The monoisotopic (exact) mass is 785 g/mol. The highest BCUT2D eigenvalue weighted by molar-refractivity contribution is 5.76. The second kappa shape index (κ2) is 23.7. The van der Waals surface area contributed by atoms with E-state index in [4.69, 9.17) is 28.4 Å². The van der Waals surface area contributed by atoms with Crippen LogP contribution in [0.2, 0.25) is 0 Å². The molecule has 3 saturated heterocycles. The minimum atomic E-state index is -1.97. The van der Waals surface area contributed by atoms with Crippen LogP contribution in [0, 0.1) is 0 Å². The molecule has 0 aliphatic carbocycles. The van der Waals surface area contributed by atoms with E-state index in [0.717, 1.165) is 44.9 Å². The molecule has 0 bridgehead atoms. The maximum atomic E-state index is 12.6. The van der Waals surface area contributed by atoms with Crippen LogP contribution in [0.25, 0.3) is 0 Å². The number of carbonyl (C=O) groups is 1. The largest absolute Gasteiger partial charge is 0.394 e. The summed E-state index contributed by atoms with van der Waals surface area (Å²) in [4.78, 5) is 12.6. The van der Waals surface area contributed by atoms with Gasteiger partial charge in [0.25, 0.3) is 0 Å². The van der Waals surface area contributed by atoms with Crippen molar-refractivity contribution in [3.8, 4) is 0 Å². The second-order valence-corrected chi connectivity index (χ2v) is 14.0. The highest BCUT2D eigenvalue weighted by atomic mass is 16.8. The molecule has 3 aliphatic heterocycles. The van der Waals surface area contributed by atoms with Crippen LogP contribution in [-0.4, -0.2) is 193 Å². The van der Waals surface area contributed by atoms with Crippen molar-refractivity contribution in [1.29, 1.82) is 0 Å². The van der Waals surface area contributed by atoms with Crippen molar-refractivity contribution >= 4 is 5.91 Å². The van der Waals surface area contributed by atoms with Gasteiger partial charge in [-0.2, -0.15) is 0 Å². The van der Waals surface area contributed by atoms with E-state index in [1.807, 2.05) is 13.0 Å². The van der Waals surface area contributed by atoms with E-state index in [1.165, 1.54) is 0 Å². The number of allylic oxidation sites excluding steroid dienone is 1. The molecule has 12 N–H and O–H groups in total. The normalized spacial score (nSPS) is 38.7. The second-order valence-electron chi connectivity index (χ2n) is 14.0. The Hall–Kier alpha value is -1.47. The standard InChI is InChI=1S/C35H63NO18/c1-3-5-7-8-9-10-11-12-19(40)18(36-23(41)13-6-4-2)17-49-33-29(47)26(44)31(21(15-38)51-33)54-35-30(48)27(45)32(22(16-39)52-35)53-34-28(46)25(43)24(42)20(14-37)50-34/h11-12,18-22,24-35,37-40,42-48H,3-10,13-17H2,1-2H3,(H,36,41)/b12-11+. The third-order valence-electron chi connectivity index (χ3n) is 9.84. The first-order valence-corrected chi connectivity index (χ1v) is 18.9. The zero-order valence-corrected chi connectivity index (χ0v) is 30.9. The molecule has 0 aromatic carbocycles. The molecule has 3 aliphatic rings. The lowest BCUT2D eigenvalue weighted by Gasteiger charge is -2.48. The van der Waals surface area contributed by atoms with Gasteiger partial charge in [0.1, 0.15) is 73.2 Å². The summed E-state index contributed by atoms with van der Waals surface area (Å²) >= 11 is 0. The van der Waals surface area contributed by atoms with E-state index >= 15 is 0 Å². The molecule has 0 radical (unpaired) electrons. The SMILES string of the molecule is CCCCCCC/C=C/C(O)C(COC1OC(CO)C(OC2OC(CO)C(OC3OC(CO)C(O)C(O)C3O)C(O)C2O)C(O)C1O)NC(=O)CCCC. The smallest absolute Gasteiger partial charge is 0.220 e. The molecule has 3 fully saturated rings. The van der Waals surface area contributed by atoms with Crippen LogP contribution in [0.1, 0.15) is 71.6 Å². The predicted molar refractivity (Wildman–Crippen MR) is 185 cm³/mol. The minimum absolute atomic E-state index is 0.218. The van der Waals surface area contributed by atoms with Crippen LogP contribution in [0.15, 0.2) is 12.2 Å². The van der Waals surface area contributed by atoms with Crippen LogP contribution in [0.3, 0.4) is 0 Å². The first kappa shape index (κ1) is 46.9. The first-order chi connectivity index (χ1) is 25.8. The van der Waals surface area contributed by atoms with Gasteiger partial charge >= 0.3 is 0 Å².